The number of carbonyl (C=O) groups excluding carboxylic acids is 1. The van der Waals surface area contributed by atoms with Gasteiger partial charge in [-0.2, -0.15) is 0 Å². The van der Waals surface area contributed by atoms with Gasteiger partial charge in [-0.05, 0) is 67.3 Å². The van der Waals surface area contributed by atoms with Gasteiger partial charge in [0.1, 0.15) is 5.25 Å². The molecule has 1 fully saturated rings. The second kappa shape index (κ2) is 7.56. The van der Waals surface area contributed by atoms with Crippen molar-refractivity contribution < 1.29 is 9.21 Å². The number of nitrogens with one attached hydrogen (secondary N) is 1. The average Bonchev–Trinajstić information content (AvgIpc) is 3.38. The lowest BCUT2D eigenvalue weighted by molar-refractivity contribution is -0.115. The van der Waals surface area contributed by atoms with Gasteiger partial charge in [-0.15, -0.1) is 10.2 Å². The molecule has 1 aliphatic rings. The van der Waals surface area contributed by atoms with Crippen LogP contribution in [-0.2, 0) is 4.79 Å². The summed E-state index contributed by atoms with van der Waals surface area (Å²) < 4.78 is 5.76. The van der Waals surface area contributed by atoms with E-state index in [0.717, 1.165) is 35.2 Å². The summed E-state index contributed by atoms with van der Waals surface area (Å²) in [6.45, 7) is 4.04. The van der Waals surface area contributed by atoms with E-state index in [1.54, 1.807) is 0 Å². The third kappa shape index (κ3) is 4.39. The van der Waals surface area contributed by atoms with Crippen molar-refractivity contribution in [2.24, 2.45) is 0 Å². The van der Waals surface area contributed by atoms with E-state index >= 15 is 0 Å². The lowest BCUT2D eigenvalue weighted by Gasteiger charge is -2.16. The van der Waals surface area contributed by atoms with Gasteiger partial charge < -0.3 is 9.73 Å². The summed E-state index contributed by atoms with van der Waals surface area (Å²) in [5.41, 5.74) is 3.92. The minimum atomic E-state index is -0.473. The predicted octanol–water partition coefficient (Wildman–Crippen LogP) is 5.04. The predicted molar refractivity (Wildman–Crippen MR) is 106 cm³/mol. The van der Waals surface area contributed by atoms with Crippen LogP contribution in [0.4, 0.5) is 5.69 Å². The first-order valence-electron chi connectivity index (χ1n) is 9.02. The molecule has 0 saturated heterocycles. The summed E-state index contributed by atoms with van der Waals surface area (Å²) in [5, 5.41) is 11.2. The molecule has 27 heavy (non-hydrogen) atoms. The number of aromatic nitrogens is 2. The number of anilines is 1. The first kappa shape index (κ1) is 17.8. The molecule has 1 aromatic heterocycles. The highest BCUT2D eigenvalue weighted by atomic mass is 32.2. The molecule has 0 spiro atoms. The Hall–Kier alpha value is -2.60. The summed E-state index contributed by atoms with van der Waals surface area (Å²) in [5.74, 6) is 0.965. The fourth-order valence-electron chi connectivity index (χ4n) is 3.02. The smallest absolute Gasteiger partial charge is 0.277 e. The monoisotopic (exact) mass is 379 g/mol. The summed E-state index contributed by atoms with van der Waals surface area (Å²) in [4.78, 5) is 13.1. The SMILES string of the molecule is Cc1cc(C)cc(NC(=O)C(Sc2nnc(C3CC3)o2)c2ccccc2)c1. The van der Waals surface area contributed by atoms with E-state index in [-0.39, 0.29) is 5.91 Å². The Kier molecular flexibility index (Phi) is 4.99. The van der Waals surface area contributed by atoms with E-state index in [4.69, 9.17) is 4.42 Å². The Labute approximate surface area is 162 Å². The van der Waals surface area contributed by atoms with E-state index in [1.165, 1.54) is 11.8 Å². The molecule has 5 nitrogen and oxygen atoms in total. The molecule has 0 bridgehead atoms. The topological polar surface area (TPSA) is 68.0 Å². The first-order chi connectivity index (χ1) is 13.1. The largest absolute Gasteiger partial charge is 0.416 e. The summed E-state index contributed by atoms with van der Waals surface area (Å²) >= 11 is 1.29. The van der Waals surface area contributed by atoms with Gasteiger partial charge in [0, 0.05) is 11.6 Å². The molecule has 1 N–H and O–H groups in total. The van der Waals surface area contributed by atoms with Crippen LogP contribution in [0.2, 0.25) is 0 Å². The number of thioether (sulfide) groups is 1. The van der Waals surface area contributed by atoms with Crippen molar-refractivity contribution in [2.75, 3.05) is 5.32 Å². The Morgan fingerprint density at radius 1 is 1.11 bits per heavy atom. The molecular weight excluding hydrogens is 358 g/mol. The standard InChI is InChI=1S/C21H21N3O2S/c1-13-10-14(2)12-17(11-13)22-19(25)18(15-6-4-3-5-7-15)27-21-24-23-20(26-21)16-8-9-16/h3-7,10-12,16,18H,8-9H2,1-2H3,(H,22,25). The van der Waals surface area contributed by atoms with Gasteiger partial charge >= 0.3 is 0 Å². The minimum Gasteiger partial charge on any atom is -0.416 e. The second-order valence-electron chi connectivity index (χ2n) is 6.95. The van der Waals surface area contributed by atoms with Crippen molar-refractivity contribution in [3.63, 3.8) is 0 Å². The zero-order valence-electron chi connectivity index (χ0n) is 15.3. The lowest BCUT2D eigenvalue weighted by Crippen LogP contribution is -2.19. The molecule has 138 valence electrons. The number of hydrogen-bond donors (Lipinski definition) is 1. The molecule has 1 unspecified atom stereocenters. The van der Waals surface area contributed by atoms with Crippen LogP contribution in [0.3, 0.4) is 0 Å². The molecule has 1 aliphatic carbocycles. The number of aryl methyl sites for hydroxylation is 2. The molecule has 4 rings (SSSR count). The Morgan fingerprint density at radius 2 is 1.81 bits per heavy atom. The summed E-state index contributed by atoms with van der Waals surface area (Å²) in [6.07, 6.45) is 2.20. The molecular formula is C21H21N3O2S. The number of carbonyl (C=O) groups is 1. The van der Waals surface area contributed by atoms with E-state index < -0.39 is 5.25 Å². The van der Waals surface area contributed by atoms with Crippen molar-refractivity contribution in [1.29, 1.82) is 0 Å². The van der Waals surface area contributed by atoms with Crippen LogP contribution in [0, 0.1) is 13.8 Å². The number of rotatable bonds is 6. The molecule has 1 atom stereocenters. The van der Waals surface area contributed by atoms with Crippen molar-refractivity contribution in [3.8, 4) is 0 Å². The van der Waals surface area contributed by atoms with Crippen LogP contribution < -0.4 is 5.32 Å². The maximum absolute atomic E-state index is 13.1. The van der Waals surface area contributed by atoms with Crippen molar-refractivity contribution in [1.82, 2.24) is 10.2 Å². The maximum Gasteiger partial charge on any atom is 0.277 e. The maximum atomic E-state index is 13.1. The molecule has 1 saturated carbocycles. The average molecular weight is 379 g/mol. The van der Waals surface area contributed by atoms with Crippen molar-refractivity contribution >= 4 is 23.4 Å². The molecule has 0 aliphatic heterocycles. The second-order valence-corrected chi connectivity index (χ2v) is 8.01. The number of nitrogens with zero attached hydrogens (tertiary/aromatic N) is 2. The highest BCUT2D eigenvalue weighted by Crippen LogP contribution is 2.42. The molecule has 6 heteroatoms. The van der Waals surface area contributed by atoms with Crippen LogP contribution >= 0.6 is 11.8 Å². The van der Waals surface area contributed by atoms with E-state index in [0.29, 0.717) is 17.0 Å². The van der Waals surface area contributed by atoms with Gasteiger partial charge in [-0.25, -0.2) is 0 Å². The zero-order valence-corrected chi connectivity index (χ0v) is 16.1. The molecule has 1 amide bonds. The van der Waals surface area contributed by atoms with Gasteiger partial charge in [0.25, 0.3) is 5.22 Å². The minimum absolute atomic E-state index is 0.109. The number of amides is 1. The fourth-order valence-corrected chi connectivity index (χ4v) is 3.90. The molecule has 3 aromatic rings. The molecule has 1 heterocycles. The van der Waals surface area contributed by atoms with E-state index in [1.807, 2.05) is 56.3 Å². The van der Waals surface area contributed by atoms with Gasteiger partial charge in [0.05, 0.1) is 0 Å². The van der Waals surface area contributed by atoms with Crippen LogP contribution in [0.1, 0.15) is 46.6 Å². The van der Waals surface area contributed by atoms with Gasteiger partial charge in [0.15, 0.2) is 0 Å². The van der Waals surface area contributed by atoms with E-state index in [2.05, 4.69) is 21.6 Å². The van der Waals surface area contributed by atoms with Crippen molar-refractivity contribution in [2.45, 2.75) is 43.1 Å². The van der Waals surface area contributed by atoms with Crippen LogP contribution in [0.25, 0.3) is 0 Å². The first-order valence-corrected chi connectivity index (χ1v) is 9.90. The van der Waals surface area contributed by atoms with Crippen LogP contribution in [0.15, 0.2) is 58.2 Å². The summed E-state index contributed by atoms with van der Waals surface area (Å²) in [6, 6.07) is 15.7. The third-order valence-corrected chi connectivity index (χ3v) is 5.49. The van der Waals surface area contributed by atoms with Gasteiger partial charge in [0.2, 0.25) is 11.8 Å². The number of benzene rings is 2. The number of hydrogen-bond acceptors (Lipinski definition) is 5. The highest BCUT2D eigenvalue weighted by Gasteiger charge is 2.31. The van der Waals surface area contributed by atoms with E-state index in [9.17, 15) is 4.79 Å². The Bertz CT molecular complexity index is 931. The fraction of sp³-hybridized carbons (Fsp3) is 0.286. The van der Waals surface area contributed by atoms with Crippen molar-refractivity contribution in [3.05, 3.63) is 71.1 Å². The Morgan fingerprint density at radius 3 is 2.48 bits per heavy atom. The molecule has 0 radical (unpaired) electrons. The quantitative estimate of drug-likeness (QED) is 0.608. The van der Waals surface area contributed by atoms with Crippen LogP contribution in [0.5, 0.6) is 0 Å². The van der Waals surface area contributed by atoms with Crippen LogP contribution in [-0.4, -0.2) is 16.1 Å². The lowest BCUT2D eigenvalue weighted by atomic mass is 10.1. The Balaban J connectivity index is 1.57. The zero-order chi connectivity index (χ0) is 18.8. The third-order valence-electron chi connectivity index (χ3n) is 4.40. The van der Waals surface area contributed by atoms with Gasteiger partial charge in [-0.3, -0.25) is 4.79 Å². The molecule has 2 aromatic carbocycles. The normalized spacial score (nSPS) is 14.7. The highest BCUT2D eigenvalue weighted by molar-refractivity contribution is 8.00. The van der Waals surface area contributed by atoms with Gasteiger partial charge in [-0.1, -0.05) is 36.4 Å². The summed E-state index contributed by atoms with van der Waals surface area (Å²) in [7, 11) is 0.